The third-order valence-corrected chi connectivity index (χ3v) is 12.2. The van der Waals surface area contributed by atoms with Gasteiger partial charge in [0.25, 0.3) is 11.8 Å². The fourth-order valence-corrected chi connectivity index (χ4v) is 9.06. The summed E-state index contributed by atoms with van der Waals surface area (Å²) in [4.78, 5) is 80.9. The molecule has 0 unspecified atom stereocenters. The number of amides is 5. The molecule has 3 atom stereocenters. The number of carbonyl (C=O) groups is 6. The van der Waals surface area contributed by atoms with Crippen molar-refractivity contribution in [3.8, 4) is 0 Å². The predicted octanol–water partition coefficient (Wildman–Crippen LogP) is 0.969. The van der Waals surface area contributed by atoms with Gasteiger partial charge in [0.1, 0.15) is 23.2 Å². The minimum atomic E-state index is -3.04. The van der Waals surface area contributed by atoms with Gasteiger partial charge in [-0.05, 0) is 63.3 Å². The molecule has 0 spiro atoms. The third kappa shape index (κ3) is 8.62. The van der Waals surface area contributed by atoms with Crippen LogP contribution in [0.3, 0.4) is 0 Å². The van der Waals surface area contributed by atoms with Crippen LogP contribution in [0.2, 0.25) is 0 Å². The summed E-state index contributed by atoms with van der Waals surface area (Å²) < 4.78 is 22.0. The fraction of sp³-hybridized carbons (Fsp3) is 0.588. The monoisotopic (exact) mass is 744 g/mol. The first-order valence-corrected chi connectivity index (χ1v) is 19.3. The Morgan fingerprint density at radius 1 is 1.00 bits per heavy atom. The van der Waals surface area contributed by atoms with Crippen LogP contribution in [0.15, 0.2) is 30.5 Å². The molecule has 0 bridgehead atoms. The number of nitrogens with two attached hydrogens (primary N) is 2. The normalized spacial score (nSPS) is 22.9. The highest BCUT2D eigenvalue weighted by molar-refractivity contribution is 8.24. The van der Waals surface area contributed by atoms with Gasteiger partial charge in [0.05, 0.1) is 17.9 Å². The number of rotatable bonds is 12. The van der Waals surface area contributed by atoms with Crippen molar-refractivity contribution in [1.82, 2.24) is 30.5 Å². The molecule has 2 aliphatic heterocycles. The molecule has 1 saturated carbocycles. The van der Waals surface area contributed by atoms with Crippen LogP contribution in [-0.4, -0.2) is 105 Å². The van der Waals surface area contributed by atoms with E-state index >= 15 is 0 Å². The molecule has 2 saturated heterocycles. The summed E-state index contributed by atoms with van der Waals surface area (Å²) in [7, 11) is -3.04. The summed E-state index contributed by atoms with van der Waals surface area (Å²) in [5, 5.41) is 24.5. The lowest BCUT2D eigenvalue weighted by Gasteiger charge is -2.45. The van der Waals surface area contributed by atoms with E-state index in [2.05, 4.69) is 20.9 Å². The molecule has 2 aromatic rings. The Hall–Kier alpha value is -4.39. The fourth-order valence-electron chi connectivity index (χ4n) is 7.51. The highest BCUT2D eigenvalue weighted by atomic mass is 32.3. The molecule has 1 aromatic heterocycles. The van der Waals surface area contributed by atoms with Gasteiger partial charge in [0, 0.05) is 35.6 Å². The number of Topliss-reactive ketones (excluding diaryl/α,β-unsaturated/α-hetero) is 1. The van der Waals surface area contributed by atoms with Crippen molar-refractivity contribution >= 4 is 45.9 Å². The molecular weight excluding hydrogens is 696 g/mol. The smallest absolute Gasteiger partial charge is 0.287 e. The average Bonchev–Trinajstić information content (AvgIpc) is 3.77. The van der Waals surface area contributed by atoms with E-state index in [0.717, 1.165) is 32.1 Å². The van der Waals surface area contributed by atoms with Gasteiger partial charge in [-0.3, -0.25) is 37.9 Å². The van der Waals surface area contributed by atoms with Crippen LogP contribution >= 0.6 is 10.6 Å². The lowest BCUT2D eigenvalue weighted by atomic mass is 9.84. The molecule has 1 aromatic carbocycles. The highest BCUT2D eigenvalue weighted by Gasteiger charge is 2.50. The van der Waals surface area contributed by atoms with Crippen molar-refractivity contribution in [3.63, 3.8) is 0 Å². The second-order valence-corrected chi connectivity index (χ2v) is 17.1. The minimum Gasteiger partial charge on any atom is -0.384 e. The topological polar surface area (TPSA) is 273 Å². The SMILES string of the molecule is CC(C)(O)c1cnnn1[C@H]1C[C@@H](C(=O)NC2(C(=O)C(N)=O)CCS(O)(O)CC2)N(C(=O)[C@@H](CC2CCCCC2)NC(=O)c2ccc(C(N)=O)cc2)C1. The van der Waals surface area contributed by atoms with Gasteiger partial charge in [0.15, 0.2) is 0 Å². The van der Waals surface area contributed by atoms with E-state index in [1.807, 2.05) is 0 Å². The van der Waals surface area contributed by atoms with Crippen LogP contribution in [0, 0.1) is 5.92 Å². The summed E-state index contributed by atoms with van der Waals surface area (Å²) in [6.07, 6.45) is 5.84. The Balaban J connectivity index is 1.49. The van der Waals surface area contributed by atoms with E-state index in [-0.39, 0.29) is 54.4 Å². The van der Waals surface area contributed by atoms with Gasteiger partial charge in [-0.2, -0.15) is 10.6 Å². The Labute approximate surface area is 302 Å². The lowest BCUT2D eigenvalue weighted by Crippen LogP contribution is -2.64. The maximum atomic E-state index is 14.7. The number of aromatic nitrogens is 3. The zero-order valence-corrected chi connectivity index (χ0v) is 30.1. The maximum absolute atomic E-state index is 14.7. The van der Waals surface area contributed by atoms with Crippen LogP contribution in [-0.2, 0) is 24.8 Å². The van der Waals surface area contributed by atoms with Gasteiger partial charge in [-0.15, -0.1) is 5.10 Å². The zero-order chi connectivity index (χ0) is 38.0. The van der Waals surface area contributed by atoms with Crippen LogP contribution in [0.5, 0.6) is 0 Å². The molecule has 0 radical (unpaired) electrons. The van der Waals surface area contributed by atoms with Gasteiger partial charge in [0.2, 0.25) is 23.5 Å². The largest absolute Gasteiger partial charge is 0.384 e. The number of primary amides is 2. The van der Waals surface area contributed by atoms with Gasteiger partial charge in [-0.25, -0.2) is 4.68 Å². The van der Waals surface area contributed by atoms with Gasteiger partial charge in [-0.1, -0.05) is 37.3 Å². The molecule has 9 N–H and O–H groups in total. The van der Waals surface area contributed by atoms with E-state index in [9.17, 15) is 43.0 Å². The molecule has 5 amide bonds. The quantitative estimate of drug-likeness (QED) is 0.150. The summed E-state index contributed by atoms with van der Waals surface area (Å²) in [6.45, 7) is 3.01. The molecule has 5 rings (SSSR count). The zero-order valence-electron chi connectivity index (χ0n) is 29.3. The number of nitrogens with zero attached hydrogens (tertiary/aromatic N) is 4. The second kappa shape index (κ2) is 15.3. The lowest BCUT2D eigenvalue weighted by molar-refractivity contribution is -0.145. The standard InChI is InChI=1S/C34H48N8O9S/c1-33(2,49)26-18-37-40-42(26)23-17-25(31(47)39-34(27(43)29(36)45)12-14-52(50,51)15-13-34)41(19-23)32(48)24(16-20-6-4-3-5-7-20)38-30(46)22-10-8-21(9-11-22)28(35)44/h8-11,18,20,23-25,49-51H,3-7,12-17,19H2,1-2H3,(H2,35,44)(H2,36,45)(H,38,46)(H,39,47)/t23-,24+,25-/m0/s1. The maximum Gasteiger partial charge on any atom is 0.287 e. The molecule has 3 aliphatic rings. The first kappa shape index (κ1) is 38.8. The molecule has 3 heterocycles. The number of aliphatic hydroxyl groups is 1. The number of likely N-dealkylation sites (tertiary alicyclic amines) is 1. The van der Waals surface area contributed by atoms with Crippen molar-refractivity contribution in [2.75, 3.05) is 18.1 Å². The number of benzene rings is 1. The molecular formula is C34H48N8O9S. The molecule has 17 nitrogen and oxygen atoms in total. The van der Waals surface area contributed by atoms with E-state index in [1.165, 1.54) is 40.0 Å². The third-order valence-electron chi connectivity index (χ3n) is 10.5. The summed E-state index contributed by atoms with van der Waals surface area (Å²) >= 11 is 0. The Morgan fingerprint density at radius 2 is 1.62 bits per heavy atom. The Kier molecular flexibility index (Phi) is 11.4. The summed E-state index contributed by atoms with van der Waals surface area (Å²) in [5.41, 5.74) is 8.25. The van der Waals surface area contributed by atoms with Gasteiger partial charge < -0.3 is 32.1 Å². The highest BCUT2D eigenvalue weighted by Crippen LogP contribution is 2.47. The van der Waals surface area contributed by atoms with Crippen molar-refractivity contribution in [1.29, 1.82) is 0 Å². The number of hydrogen-bond donors (Lipinski definition) is 7. The number of ketones is 1. The van der Waals surface area contributed by atoms with E-state index in [4.69, 9.17) is 11.5 Å². The molecule has 1 aliphatic carbocycles. The molecule has 52 heavy (non-hydrogen) atoms. The molecule has 3 fully saturated rings. The second-order valence-electron chi connectivity index (χ2n) is 14.7. The first-order chi connectivity index (χ1) is 24.4. The van der Waals surface area contributed by atoms with Crippen LogP contribution in [0.25, 0.3) is 0 Å². The summed E-state index contributed by atoms with van der Waals surface area (Å²) in [5.74, 6) is -5.34. The van der Waals surface area contributed by atoms with Crippen LogP contribution in [0.1, 0.15) is 104 Å². The van der Waals surface area contributed by atoms with Crippen molar-refractivity contribution in [2.24, 2.45) is 17.4 Å². The number of nitrogens with one attached hydrogen (secondary N) is 2. The first-order valence-electron chi connectivity index (χ1n) is 17.4. The number of hydrogen-bond acceptors (Lipinski definition) is 11. The molecule has 18 heteroatoms. The van der Waals surface area contributed by atoms with Gasteiger partial charge >= 0.3 is 0 Å². The van der Waals surface area contributed by atoms with Crippen LogP contribution < -0.4 is 22.1 Å². The van der Waals surface area contributed by atoms with E-state index in [1.54, 1.807) is 13.8 Å². The van der Waals surface area contributed by atoms with Crippen molar-refractivity contribution in [2.45, 2.75) is 101 Å². The number of carbonyl (C=O) groups excluding carboxylic acids is 6. The predicted molar refractivity (Wildman–Crippen MR) is 189 cm³/mol. The van der Waals surface area contributed by atoms with Crippen LogP contribution in [0.4, 0.5) is 0 Å². The van der Waals surface area contributed by atoms with E-state index < -0.39 is 75.2 Å². The van der Waals surface area contributed by atoms with Crippen molar-refractivity contribution < 1.29 is 43.0 Å². The Bertz CT molecular complexity index is 1690. The van der Waals surface area contributed by atoms with Crippen molar-refractivity contribution in [3.05, 3.63) is 47.3 Å². The Morgan fingerprint density at radius 3 is 2.19 bits per heavy atom. The summed E-state index contributed by atoms with van der Waals surface area (Å²) in [6, 6.07) is 2.69. The van der Waals surface area contributed by atoms with E-state index in [0.29, 0.717) is 12.1 Å². The minimum absolute atomic E-state index is 0.0291. The molecule has 284 valence electrons. The average molecular weight is 745 g/mol.